The highest BCUT2D eigenvalue weighted by Gasteiger charge is 2.44. The van der Waals surface area contributed by atoms with Crippen molar-refractivity contribution >= 4 is 5.91 Å². The van der Waals surface area contributed by atoms with Crippen LogP contribution in [0, 0.1) is 0 Å². The normalized spacial score (nSPS) is 29.3. The number of unbranched alkanes of at least 4 members (excludes halogenated alkanes) is 11. The van der Waals surface area contributed by atoms with Crippen molar-refractivity contribution in [3.63, 3.8) is 0 Å². The van der Waals surface area contributed by atoms with Crippen LogP contribution < -0.4 is 5.32 Å². The molecule has 0 aromatic carbocycles. The quantitative estimate of drug-likeness (QED) is 0.0886. The molecule has 7 atom stereocenters. The van der Waals surface area contributed by atoms with Gasteiger partial charge in [-0.25, -0.2) is 0 Å². The Kier molecular flexibility index (Phi) is 14.1. The predicted octanol–water partition coefficient (Wildman–Crippen LogP) is 3.10. The maximum absolute atomic E-state index is 12.8. The Bertz CT molecular complexity index is 863. The number of aliphatic hydroxyl groups excluding tert-OH is 5. The molecule has 1 rings (SSSR count). The number of carbonyl (C=O) groups is 1. The molecule has 9 heteroatoms. The van der Waals surface area contributed by atoms with E-state index in [0.29, 0.717) is 6.42 Å². The van der Waals surface area contributed by atoms with E-state index in [0.717, 1.165) is 25.7 Å². The zero-order valence-corrected chi connectivity index (χ0v) is 22.8. The lowest BCUT2D eigenvalue weighted by Gasteiger charge is -2.40. The van der Waals surface area contributed by atoms with Crippen molar-refractivity contribution < 1.29 is 49.4 Å². The number of hydrogen-bond donors (Lipinski definition) is 6. The van der Waals surface area contributed by atoms with Gasteiger partial charge < -0.3 is 40.3 Å². The van der Waals surface area contributed by atoms with Gasteiger partial charge in [-0.3, -0.25) is 4.79 Å². The smallest absolute Gasteiger partial charge is 0.220 e. The molecule has 0 radical (unpaired) electrons. The standard InChI is InChI=1S/C29H55NO8/c1-3-5-7-8-9-10-11-12-13-14-15-16-17-18-23(32)22(30-25(33)19-6-4-2)21-37-29-28(36)27(35)26(34)24(20-31)38-29/h17-18,22-24,26-29,31-32,34-36H,3-16,19-21H2,1-2H3,(H,30,33)/b18-17+/t22-,23+,24?,26-,27-,28?,29+/m0/s1/i2D3,4D2,6D2. The fourth-order valence-electron chi connectivity index (χ4n) is 4.31. The van der Waals surface area contributed by atoms with E-state index in [4.69, 9.17) is 19.1 Å². The zero-order chi connectivity index (χ0) is 34.3. The second kappa shape index (κ2) is 21.7. The van der Waals surface area contributed by atoms with Crippen LogP contribution in [0.5, 0.6) is 0 Å². The Morgan fingerprint density at radius 2 is 1.66 bits per heavy atom. The summed E-state index contributed by atoms with van der Waals surface area (Å²) in [5.41, 5.74) is 0. The molecule has 0 aliphatic carbocycles. The lowest BCUT2D eigenvalue weighted by Crippen LogP contribution is -2.60. The maximum atomic E-state index is 12.8. The summed E-state index contributed by atoms with van der Waals surface area (Å²) >= 11 is 0. The second-order valence-electron chi connectivity index (χ2n) is 9.93. The van der Waals surface area contributed by atoms with Crippen molar-refractivity contribution in [2.24, 2.45) is 0 Å². The largest absolute Gasteiger partial charge is 0.394 e. The van der Waals surface area contributed by atoms with Crippen LogP contribution in [0.3, 0.4) is 0 Å². The van der Waals surface area contributed by atoms with Gasteiger partial charge in [0.2, 0.25) is 5.91 Å². The monoisotopic (exact) mass is 552 g/mol. The number of hydrogen-bond acceptors (Lipinski definition) is 8. The first kappa shape index (κ1) is 24.7. The number of amides is 1. The molecule has 1 aliphatic heterocycles. The zero-order valence-electron chi connectivity index (χ0n) is 29.8. The third kappa shape index (κ3) is 14.4. The molecular weight excluding hydrogens is 490 g/mol. The SMILES string of the molecule is [2H]C([2H])([2H])C([2H])([2H])C([2H])([2H])CC(=O)N[C@@H](CO[C@@H]1OC(CO)[C@H](O)[C@H](O)C1O)[C@H](O)/C=C/CCCCCCCCCCCCC. The molecule has 9 nitrogen and oxygen atoms in total. The van der Waals surface area contributed by atoms with Gasteiger partial charge in [-0.2, -0.15) is 0 Å². The minimum absolute atomic E-state index is 0.548. The Labute approximate surface area is 239 Å². The van der Waals surface area contributed by atoms with Gasteiger partial charge in [0, 0.05) is 16.0 Å². The number of ether oxygens (including phenoxy) is 2. The van der Waals surface area contributed by atoms with Crippen molar-refractivity contribution in [3.05, 3.63) is 12.2 Å². The van der Waals surface area contributed by atoms with Crippen molar-refractivity contribution in [1.29, 1.82) is 0 Å². The van der Waals surface area contributed by atoms with E-state index in [2.05, 4.69) is 12.2 Å². The minimum atomic E-state index is -3.35. The summed E-state index contributed by atoms with van der Waals surface area (Å²) in [6.45, 7) is -2.39. The van der Waals surface area contributed by atoms with Gasteiger partial charge in [0.25, 0.3) is 0 Å². The number of aliphatic hydroxyl groups is 5. The van der Waals surface area contributed by atoms with Crippen LogP contribution in [0.2, 0.25) is 0 Å². The first-order valence-electron chi connectivity index (χ1n) is 17.6. The lowest BCUT2D eigenvalue weighted by molar-refractivity contribution is -0.302. The average molecular weight is 553 g/mol. The fraction of sp³-hybridized carbons (Fsp3) is 0.897. The van der Waals surface area contributed by atoms with Gasteiger partial charge in [-0.1, -0.05) is 96.5 Å². The Morgan fingerprint density at radius 3 is 2.26 bits per heavy atom. The molecule has 1 heterocycles. The highest BCUT2D eigenvalue weighted by atomic mass is 16.7. The van der Waals surface area contributed by atoms with Crippen molar-refractivity contribution in [2.45, 2.75) is 153 Å². The summed E-state index contributed by atoms with van der Waals surface area (Å²) in [5, 5.41) is 52.8. The van der Waals surface area contributed by atoms with Crippen LogP contribution in [0.1, 0.15) is 120 Å². The molecule has 1 amide bonds. The van der Waals surface area contributed by atoms with E-state index in [9.17, 15) is 30.3 Å². The Balaban J connectivity index is 2.76. The number of rotatable bonds is 22. The van der Waals surface area contributed by atoms with Gasteiger partial charge in [-0.05, 0) is 19.2 Å². The summed E-state index contributed by atoms with van der Waals surface area (Å²) in [6.07, 6.45) is -0.149. The molecule has 0 spiro atoms. The molecule has 1 saturated heterocycles. The lowest BCUT2D eigenvalue weighted by atomic mass is 9.99. The first-order valence-corrected chi connectivity index (χ1v) is 14.1. The van der Waals surface area contributed by atoms with E-state index >= 15 is 0 Å². The van der Waals surface area contributed by atoms with Crippen LogP contribution in [0.25, 0.3) is 0 Å². The topological polar surface area (TPSA) is 149 Å². The highest BCUT2D eigenvalue weighted by molar-refractivity contribution is 5.76. The number of allylic oxidation sites excluding steroid dienone is 1. The maximum Gasteiger partial charge on any atom is 0.220 e. The summed E-state index contributed by atoms with van der Waals surface area (Å²) in [5.74, 6) is -1.10. The highest BCUT2D eigenvalue weighted by Crippen LogP contribution is 2.22. The van der Waals surface area contributed by atoms with Crippen LogP contribution in [0.15, 0.2) is 12.2 Å². The van der Waals surface area contributed by atoms with Gasteiger partial charge in [0.05, 0.1) is 25.4 Å². The molecule has 224 valence electrons. The second-order valence-corrected chi connectivity index (χ2v) is 9.93. The van der Waals surface area contributed by atoms with Gasteiger partial charge in [-0.15, -0.1) is 0 Å². The van der Waals surface area contributed by atoms with E-state index in [-0.39, 0.29) is 0 Å². The molecular formula is C29H55NO8. The summed E-state index contributed by atoms with van der Waals surface area (Å²) in [4.78, 5) is 12.8. The van der Waals surface area contributed by atoms with Crippen molar-refractivity contribution in [1.82, 2.24) is 5.32 Å². The first-order chi connectivity index (χ1) is 21.0. The van der Waals surface area contributed by atoms with Crippen LogP contribution in [0.4, 0.5) is 0 Å². The number of carbonyl (C=O) groups excluding carboxylic acids is 1. The van der Waals surface area contributed by atoms with Gasteiger partial charge in [0.1, 0.15) is 24.4 Å². The van der Waals surface area contributed by atoms with E-state index in [1.807, 2.05) is 0 Å². The average Bonchev–Trinajstić information content (AvgIpc) is 2.96. The summed E-state index contributed by atoms with van der Waals surface area (Å²) < 4.78 is 64.1. The van der Waals surface area contributed by atoms with Crippen LogP contribution in [-0.2, 0) is 14.3 Å². The summed E-state index contributed by atoms with van der Waals surface area (Å²) in [6, 6.07) is -1.28. The molecule has 0 aromatic rings. The van der Waals surface area contributed by atoms with Crippen molar-refractivity contribution in [3.8, 4) is 0 Å². The molecule has 0 bridgehead atoms. The van der Waals surface area contributed by atoms with E-state index in [1.54, 1.807) is 6.08 Å². The van der Waals surface area contributed by atoms with E-state index in [1.165, 1.54) is 51.0 Å². The van der Waals surface area contributed by atoms with E-state index < -0.39 is 88.0 Å². The summed E-state index contributed by atoms with van der Waals surface area (Å²) in [7, 11) is 0. The minimum Gasteiger partial charge on any atom is -0.394 e. The van der Waals surface area contributed by atoms with Gasteiger partial charge in [0.15, 0.2) is 6.29 Å². The third-order valence-electron chi connectivity index (χ3n) is 6.69. The molecule has 1 fully saturated rings. The molecule has 1 aliphatic rings. The number of nitrogens with one attached hydrogen (secondary N) is 1. The molecule has 0 aromatic heterocycles. The molecule has 2 unspecified atom stereocenters. The predicted molar refractivity (Wildman–Crippen MR) is 147 cm³/mol. The Morgan fingerprint density at radius 1 is 1.03 bits per heavy atom. The van der Waals surface area contributed by atoms with Gasteiger partial charge >= 0.3 is 0 Å². The third-order valence-corrected chi connectivity index (χ3v) is 6.69. The fourth-order valence-corrected chi connectivity index (χ4v) is 4.31. The molecule has 0 saturated carbocycles. The molecule has 6 N–H and O–H groups in total. The van der Waals surface area contributed by atoms with Crippen molar-refractivity contribution in [2.75, 3.05) is 13.2 Å². The molecule has 38 heavy (non-hydrogen) atoms. The van der Waals surface area contributed by atoms with Crippen LogP contribution in [-0.4, -0.2) is 87.5 Å². The van der Waals surface area contributed by atoms with Crippen LogP contribution >= 0.6 is 0 Å². The Hall–Kier alpha value is -1.07.